The van der Waals surface area contributed by atoms with Crippen molar-refractivity contribution >= 4 is 75.1 Å². The van der Waals surface area contributed by atoms with Crippen molar-refractivity contribution in [1.29, 1.82) is 0 Å². The van der Waals surface area contributed by atoms with Crippen LogP contribution in [-0.2, 0) is 54.6 Å². The molecule has 2 saturated heterocycles. The number of likely N-dealkylation sites (tertiary alicyclic amines) is 1. The van der Waals surface area contributed by atoms with Crippen LogP contribution in [0.25, 0.3) is 33.3 Å². The summed E-state index contributed by atoms with van der Waals surface area (Å²) in [5, 5.41) is 16.7. The fourth-order valence-electron chi connectivity index (χ4n) is 9.11. The number of aromatic hydroxyl groups is 1. The Labute approximate surface area is 386 Å². The van der Waals surface area contributed by atoms with Crippen LogP contribution in [0.1, 0.15) is 83.4 Å². The van der Waals surface area contributed by atoms with E-state index in [1.54, 1.807) is 30.3 Å². The van der Waals surface area contributed by atoms with Gasteiger partial charge in [-0.05, 0) is 103 Å². The number of amides is 3. The van der Waals surface area contributed by atoms with E-state index in [-0.39, 0.29) is 71.1 Å². The summed E-state index contributed by atoms with van der Waals surface area (Å²) in [5.74, 6) is -1.54. The van der Waals surface area contributed by atoms with Crippen molar-refractivity contribution in [2.75, 3.05) is 26.8 Å². The molecular weight excluding hydrogens is 845 g/mol. The fraction of sp³-hybridized carbons (Fsp3) is 0.500. The first-order chi connectivity index (χ1) is 28.3. The van der Waals surface area contributed by atoms with Gasteiger partial charge in [0.2, 0.25) is 11.8 Å². The molecule has 2 fully saturated rings. The maximum Gasteiger partial charge on any atom is 0.324 e. The van der Waals surface area contributed by atoms with Crippen LogP contribution < -0.4 is 10.7 Å². The third-order valence-corrected chi connectivity index (χ3v) is 11.9. The first-order valence-corrected chi connectivity index (χ1v) is 21.0. The minimum atomic E-state index is -1.07. The van der Waals surface area contributed by atoms with Gasteiger partial charge in [-0.2, -0.15) is 40.5 Å². The number of cyclic esters (lactones) is 1. The van der Waals surface area contributed by atoms with Gasteiger partial charge in [0.25, 0.3) is 5.91 Å². The molecular formula is C46H64N6O7S3. The molecule has 3 N–H and O–H groups in total. The Morgan fingerprint density at radius 3 is 2.52 bits per heavy atom. The van der Waals surface area contributed by atoms with Gasteiger partial charge in [0.05, 0.1) is 18.9 Å². The molecule has 3 amide bonds. The van der Waals surface area contributed by atoms with Gasteiger partial charge in [-0.3, -0.25) is 29.2 Å². The topological polar surface area (TPSA) is 155 Å². The molecule has 7 rings (SSSR count). The number of hydrogen-bond acceptors (Lipinski definition) is 9. The number of esters is 1. The summed E-state index contributed by atoms with van der Waals surface area (Å²) in [6.07, 6.45) is 7.27. The molecule has 0 unspecified atom stereocenters. The third-order valence-electron chi connectivity index (χ3n) is 11.9. The molecule has 3 atom stereocenters. The molecule has 4 aromatic rings. The number of phenols is 1. The minimum Gasteiger partial charge on any atom is -0.508 e. The second-order valence-electron chi connectivity index (χ2n) is 17.4. The average molecular weight is 909 g/mol. The first kappa shape index (κ1) is 50.4. The third kappa shape index (κ3) is 10.8. The number of rotatable bonds is 8. The van der Waals surface area contributed by atoms with Crippen molar-refractivity contribution in [3.05, 3.63) is 71.5 Å². The normalized spacial score (nSPS) is 19.7. The van der Waals surface area contributed by atoms with Crippen molar-refractivity contribution in [3.8, 4) is 28.1 Å². The first-order valence-electron chi connectivity index (χ1n) is 21.0. The molecule has 5 heterocycles. The lowest BCUT2D eigenvalue weighted by molar-refractivity contribution is -0.155. The molecule has 62 heavy (non-hydrogen) atoms. The van der Waals surface area contributed by atoms with Crippen LogP contribution in [0.4, 0.5) is 0 Å². The van der Waals surface area contributed by atoms with Gasteiger partial charge in [-0.25, -0.2) is 5.43 Å². The summed E-state index contributed by atoms with van der Waals surface area (Å²) in [5.41, 5.74) is 9.98. The second-order valence-corrected chi connectivity index (χ2v) is 17.4. The number of carbonyl (C=O) groups excluding carboxylic acids is 4. The number of hydrogen-bond donors (Lipinski definition) is 3. The highest BCUT2D eigenvalue weighted by Crippen LogP contribution is 2.41. The Morgan fingerprint density at radius 1 is 1.03 bits per heavy atom. The van der Waals surface area contributed by atoms with Crippen LogP contribution in [-0.4, -0.2) is 93.2 Å². The largest absolute Gasteiger partial charge is 0.508 e. The molecule has 2 aromatic carbocycles. The van der Waals surface area contributed by atoms with E-state index in [1.807, 2.05) is 38.2 Å². The van der Waals surface area contributed by atoms with Crippen LogP contribution >= 0.6 is 40.5 Å². The Kier molecular flexibility index (Phi) is 17.4. The minimum absolute atomic E-state index is 0. The van der Waals surface area contributed by atoms with Gasteiger partial charge >= 0.3 is 5.97 Å². The summed E-state index contributed by atoms with van der Waals surface area (Å²) in [4.78, 5) is 61.8. The Bertz CT molecular complexity index is 2250. The number of methoxy groups -OCH3 is 1. The standard InChI is InChI=1S/C46H58N6O7.3H2S/c1-7-50-39-14-13-30-23-34(39)35(42(50)36-25-47-16-15-31(36)26-58-6)24-46(4,5)27-59-45(57)37-11-10-18-52(49-37)44(56)38(21-29-19-32(30)22-33(53)20-29)48-43(55)41(28(2)3)51-17-9-8-12-40(51)54;;;/h13-16,19-20,22-23,25,28,37-38,41,49,53H,7-12,17-18,21,24,26-27H2,1-6H3,(H,48,55);3*1H2/t37-,38-,41-;;;/m0.../s1. The van der Waals surface area contributed by atoms with E-state index in [4.69, 9.17) is 9.47 Å². The predicted molar refractivity (Wildman–Crippen MR) is 256 cm³/mol. The van der Waals surface area contributed by atoms with E-state index in [1.165, 1.54) is 5.01 Å². The molecule has 3 aliphatic heterocycles. The Balaban J connectivity index is 0.00000282. The zero-order chi connectivity index (χ0) is 42.0. The van der Waals surface area contributed by atoms with Crippen molar-refractivity contribution < 1.29 is 33.8 Å². The molecule has 3 aliphatic rings. The highest BCUT2D eigenvalue weighted by Gasteiger charge is 2.39. The molecule has 2 aromatic heterocycles. The molecule has 338 valence electrons. The van der Waals surface area contributed by atoms with Crippen LogP contribution in [0.3, 0.4) is 0 Å². The number of aryl methyl sites for hydroxylation is 1. The zero-order valence-corrected chi connectivity index (χ0v) is 39.7. The van der Waals surface area contributed by atoms with Crippen molar-refractivity contribution in [1.82, 2.24) is 30.2 Å². The second kappa shape index (κ2) is 21.4. The number of benzene rings is 2. The van der Waals surface area contributed by atoms with E-state index in [0.29, 0.717) is 57.5 Å². The monoisotopic (exact) mass is 908 g/mol. The van der Waals surface area contributed by atoms with Crippen molar-refractivity contribution in [2.45, 2.75) is 111 Å². The van der Waals surface area contributed by atoms with E-state index < -0.39 is 41.3 Å². The number of ether oxygens (including phenoxy) is 2. The summed E-state index contributed by atoms with van der Waals surface area (Å²) in [7, 11) is 1.68. The molecule has 6 bridgehead atoms. The summed E-state index contributed by atoms with van der Waals surface area (Å²) < 4.78 is 14.0. The number of hydrazine groups is 1. The number of carbonyl (C=O) groups is 4. The maximum absolute atomic E-state index is 14.5. The summed E-state index contributed by atoms with van der Waals surface area (Å²) >= 11 is 0. The average Bonchev–Trinajstić information content (AvgIpc) is 3.51. The van der Waals surface area contributed by atoms with Gasteiger partial charge in [-0.1, -0.05) is 39.8 Å². The maximum atomic E-state index is 14.5. The zero-order valence-electron chi connectivity index (χ0n) is 36.7. The number of nitrogens with zero attached hydrogens (tertiary/aromatic N) is 4. The quantitative estimate of drug-likeness (QED) is 0.174. The number of nitrogens with one attached hydrogen (secondary N) is 2. The van der Waals surface area contributed by atoms with Gasteiger partial charge < -0.3 is 29.4 Å². The van der Waals surface area contributed by atoms with E-state index in [2.05, 4.69) is 53.2 Å². The van der Waals surface area contributed by atoms with Crippen LogP contribution in [0, 0.1) is 11.3 Å². The van der Waals surface area contributed by atoms with Gasteiger partial charge in [0.1, 0.15) is 23.9 Å². The molecule has 0 spiro atoms. The number of pyridine rings is 1. The van der Waals surface area contributed by atoms with Crippen molar-refractivity contribution in [3.63, 3.8) is 0 Å². The van der Waals surface area contributed by atoms with E-state index in [9.17, 15) is 24.3 Å². The van der Waals surface area contributed by atoms with Crippen molar-refractivity contribution in [2.24, 2.45) is 11.3 Å². The molecule has 16 heteroatoms. The molecule has 13 nitrogen and oxygen atoms in total. The predicted octanol–water partition coefficient (Wildman–Crippen LogP) is 6.27. The van der Waals surface area contributed by atoms with Crippen LogP contribution in [0.5, 0.6) is 5.75 Å². The lowest BCUT2D eigenvalue weighted by Gasteiger charge is -2.38. The number of piperidine rings is 1. The van der Waals surface area contributed by atoms with Gasteiger partial charge in [-0.15, -0.1) is 0 Å². The smallest absolute Gasteiger partial charge is 0.324 e. The molecule has 0 saturated carbocycles. The molecule has 0 aliphatic carbocycles. The van der Waals surface area contributed by atoms with Crippen LogP contribution in [0.15, 0.2) is 54.9 Å². The number of aromatic nitrogens is 2. The number of fused-ring (bicyclic) bond motifs is 6. The Hall–Kier alpha value is -4.22. The number of phenolic OH excluding ortho intramolecular Hbond substituents is 1. The molecule has 0 radical (unpaired) electrons. The lowest BCUT2D eigenvalue weighted by Crippen LogP contribution is -2.62. The highest BCUT2D eigenvalue weighted by atomic mass is 32.1. The van der Waals surface area contributed by atoms with Crippen LogP contribution in [0.2, 0.25) is 0 Å². The Morgan fingerprint density at radius 2 is 1.81 bits per heavy atom. The summed E-state index contributed by atoms with van der Waals surface area (Å²) in [6, 6.07) is 10.9. The lowest BCUT2D eigenvalue weighted by atomic mass is 9.84. The van der Waals surface area contributed by atoms with E-state index in [0.717, 1.165) is 57.3 Å². The highest BCUT2D eigenvalue weighted by molar-refractivity contribution is 7.59. The summed E-state index contributed by atoms with van der Waals surface area (Å²) in [6.45, 7) is 12.1. The van der Waals surface area contributed by atoms with E-state index >= 15 is 0 Å². The SMILES string of the molecule is CCn1c(-c2cnccc2COC)c2c3cc(ccc31)-c1cc(O)cc(c1)C[C@H](NC(=O)[C@H](C(C)C)N1CCCCC1=O)C(=O)N1CCC[C@H](N1)C(=O)OCC(C)(C)C2.S.S.S. The van der Waals surface area contributed by atoms with Gasteiger partial charge in [0, 0.05) is 73.9 Å². The van der Waals surface area contributed by atoms with Gasteiger partial charge in [0.15, 0.2) is 0 Å². The fourth-order valence-corrected chi connectivity index (χ4v) is 9.11.